The number of nitrogens with one attached hydrogen (secondary N) is 2. The Bertz CT molecular complexity index is 646. The van der Waals surface area contributed by atoms with Gasteiger partial charge in [0.2, 0.25) is 0 Å². The average molecular weight is 257 g/mol. The van der Waals surface area contributed by atoms with Crippen molar-refractivity contribution in [1.29, 1.82) is 0 Å². The monoisotopic (exact) mass is 256 g/mol. The van der Waals surface area contributed by atoms with E-state index in [4.69, 9.17) is 23.2 Å². The van der Waals surface area contributed by atoms with Gasteiger partial charge in [-0.3, -0.25) is 9.78 Å². The highest BCUT2D eigenvalue weighted by atomic mass is 35.5. The van der Waals surface area contributed by atoms with Crippen molar-refractivity contribution in [3.8, 4) is 11.1 Å². The van der Waals surface area contributed by atoms with Crippen LogP contribution in [0.1, 0.15) is 0 Å². The van der Waals surface area contributed by atoms with Crippen molar-refractivity contribution < 1.29 is 0 Å². The first-order chi connectivity index (χ1) is 7.58. The van der Waals surface area contributed by atoms with Crippen LogP contribution >= 0.6 is 23.2 Å². The van der Waals surface area contributed by atoms with Crippen molar-refractivity contribution in [3.05, 3.63) is 55.3 Å². The Morgan fingerprint density at radius 1 is 1.06 bits per heavy atom. The van der Waals surface area contributed by atoms with Crippen LogP contribution in [0.3, 0.4) is 0 Å². The molecule has 4 nitrogen and oxygen atoms in total. The molecule has 0 fully saturated rings. The molecule has 1 aromatic heterocycles. The third-order valence-electron chi connectivity index (χ3n) is 2.04. The van der Waals surface area contributed by atoms with Gasteiger partial charge in [0.1, 0.15) is 0 Å². The van der Waals surface area contributed by atoms with Crippen molar-refractivity contribution in [1.82, 2.24) is 9.97 Å². The van der Waals surface area contributed by atoms with Gasteiger partial charge < -0.3 is 4.98 Å². The minimum absolute atomic E-state index is 0.293. The number of aromatic nitrogens is 2. The van der Waals surface area contributed by atoms with Gasteiger partial charge in [0.15, 0.2) is 0 Å². The second-order valence-corrected chi connectivity index (χ2v) is 3.95. The molecular weight excluding hydrogens is 251 g/mol. The molecule has 16 heavy (non-hydrogen) atoms. The van der Waals surface area contributed by atoms with Crippen LogP contribution in [-0.4, -0.2) is 9.97 Å². The number of hydrogen-bond acceptors (Lipinski definition) is 2. The summed E-state index contributed by atoms with van der Waals surface area (Å²) in [5.41, 5.74) is -0.239. The smallest absolute Gasteiger partial charge is 0.313 e. The van der Waals surface area contributed by atoms with Crippen molar-refractivity contribution in [2.45, 2.75) is 0 Å². The molecule has 82 valence electrons. The minimum Gasteiger partial charge on any atom is -0.313 e. The van der Waals surface area contributed by atoms with E-state index in [1.807, 2.05) is 0 Å². The van der Waals surface area contributed by atoms with Crippen molar-refractivity contribution >= 4 is 23.2 Å². The standard InChI is InChI=1S/C10H6Cl2N2O2/c11-5-1-2-6(8(12)3-5)7-4-13-10(16)14-9(7)15/h1-4H,(H2,13,14,15,16). The first-order valence-corrected chi connectivity index (χ1v) is 5.11. The molecule has 1 aromatic carbocycles. The molecule has 1 heterocycles. The molecule has 0 spiro atoms. The zero-order chi connectivity index (χ0) is 11.7. The Kier molecular flexibility index (Phi) is 2.85. The summed E-state index contributed by atoms with van der Waals surface area (Å²) in [6.45, 7) is 0. The number of rotatable bonds is 1. The lowest BCUT2D eigenvalue weighted by atomic mass is 10.1. The normalized spacial score (nSPS) is 10.4. The van der Waals surface area contributed by atoms with Gasteiger partial charge in [0.25, 0.3) is 5.56 Å². The molecule has 0 unspecified atom stereocenters. The highest BCUT2D eigenvalue weighted by Crippen LogP contribution is 2.27. The highest BCUT2D eigenvalue weighted by molar-refractivity contribution is 6.36. The lowest BCUT2D eigenvalue weighted by molar-refractivity contribution is 1.04. The van der Waals surface area contributed by atoms with Crippen LogP contribution in [0.2, 0.25) is 10.0 Å². The second-order valence-electron chi connectivity index (χ2n) is 3.11. The first-order valence-electron chi connectivity index (χ1n) is 4.35. The van der Waals surface area contributed by atoms with Crippen LogP contribution < -0.4 is 11.2 Å². The van der Waals surface area contributed by atoms with Gasteiger partial charge in [0, 0.05) is 16.8 Å². The molecule has 0 radical (unpaired) electrons. The van der Waals surface area contributed by atoms with E-state index in [9.17, 15) is 9.59 Å². The molecule has 0 aliphatic heterocycles. The van der Waals surface area contributed by atoms with Crippen LogP contribution in [0, 0.1) is 0 Å². The van der Waals surface area contributed by atoms with Crippen LogP contribution in [0.5, 0.6) is 0 Å². The largest absolute Gasteiger partial charge is 0.325 e. The van der Waals surface area contributed by atoms with E-state index < -0.39 is 11.2 Å². The van der Waals surface area contributed by atoms with Crippen molar-refractivity contribution in [3.63, 3.8) is 0 Å². The molecule has 2 aromatic rings. The van der Waals surface area contributed by atoms with Gasteiger partial charge in [-0.15, -0.1) is 0 Å². The van der Waals surface area contributed by atoms with Crippen LogP contribution in [0.15, 0.2) is 34.0 Å². The van der Waals surface area contributed by atoms with Crippen molar-refractivity contribution in [2.24, 2.45) is 0 Å². The zero-order valence-corrected chi connectivity index (χ0v) is 9.39. The molecule has 2 N–H and O–H groups in total. The Morgan fingerprint density at radius 2 is 1.81 bits per heavy atom. The maximum Gasteiger partial charge on any atom is 0.325 e. The number of benzene rings is 1. The molecule has 0 saturated heterocycles. The minimum atomic E-state index is -0.557. The predicted molar refractivity (Wildman–Crippen MR) is 63.1 cm³/mol. The Morgan fingerprint density at radius 3 is 2.44 bits per heavy atom. The quantitative estimate of drug-likeness (QED) is 0.820. The maximum absolute atomic E-state index is 11.5. The van der Waals surface area contributed by atoms with Gasteiger partial charge in [-0.2, -0.15) is 0 Å². The molecule has 0 bridgehead atoms. The topological polar surface area (TPSA) is 65.7 Å². The summed E-state index contributed by atoms with van der Waals surface area (Å²) in [6, 6.07) is 4.77. The fraction of sp³-hybridized carbons (Fsp3) is 0. The number of H-pyrrole nitrogens is 2. The maximum atomic E-state index is 11.5. The summed E-state index contributed by atoms with van der Waals surface area (Å²) in [5.74, 6) is 0. The van der Waals surface area contributed by atoms with Gasteiger partial charge in [-0.05, 0) is 12.1 Å². The summed E-state index contributed by atoms with van der Waals surface area (Å²) in [7, 11) is 0. The third-order valence-corrected chi connectivity index (χ3v) is 2.59. The summed E-state index contributed by atoms with van der Waals surface area (Å²) in [4.78, 5) is 26.9. The summed E-state index contributed by atoms with van der Waals surface area (Å²) in [6.07, 6.45) is 1.32. The van der Waals surface area contributed by atoms with Gasteiger partial charge >= 0.3 is 5.69 Å². The number of hydrogen-bond donors (Lipinski definition) is 2. The second kappa shape index (κ2) is 4.15. The van der Waals surface area contributed by atoms with E-state index in [0.29, 0.717) is 21.2 Å². The van der Waals surface area contributed by atoms with Crippen LogP contribution in [-0.2, 0) is 0 Å². The summed E-state index contributed by atoms with van der Waals surface area (Å²) >= 11 is 11.7. The molecule has 0 aliphatic carbocycles. The lowest BCUT2D eigenvalue weighted by Crippen LogP contribution is -2.22. The van der Waals surface area contributed by atoms with E-state index in [1.165, 1.54) is 12.3 Å². The van der Waals surface area contributed by atoms with E-state index in [1.54, 1.807) is 12.1 Å². The van der Waals surface area contributed by atoms with Crippen LogP contribution in [0.25, 0.3) is 11.1 Å². The van der Waals surface area contributed by atoms with E-state index in [0.717, 1.165) is 0 Å². The van der Waals surface area contributed by atoms with E-state index in [-0.39, 0.29) is 0 Å². The molecule has 0 atom stereocenters. The predicted octanol–water partition coefficient (Wildman–Crippen LogP) is 2.04. The summed E-state index contributed by atoms with van der Waals surface area (Å²) < 4.78 is 0. The summed E-state index contributed by atoms with van der Waals surface area (Å²) in [5, 5.41) is 0.833. The SMILES string of the molecule is O=c1[nH]cc(-c2ccc(Cl)cc2Cl)c(=O)[nH]1. The Hall–Kier alpha value is -1.52. The van der Waals surface area contributed by atoms with Crippen LogP contribution in [0.4, 0.5) is 0 Å². The van der Waals surface area contributed by atoms with Crippen molar-refractivity contribution in [2.75, 3.05) is 0 Å². The van der Waals surface area contributed by atoms with Gasteiger partial charge in [-0.1, -0.05) is 29.3 Å². The fourth-order valence-electron chi connectivity index (χ4n) is 1.32. The molecule has 0 amide bonds. The van der Waals surface area contributed by atoms with E-state index in [2.05, 4.69) is 9.97 Å². The Labute approximate surface area is 99.9 Å². The lowest BCUT2D eigenvalue weighted by Gasteiger charge is -2.02. The Balaban J connectivity index is 2.68. The fourth-order valence-corrected chi connectivity index (χ4v) is 1.83. The third kappa shape index (κ3) is 2.03. The van der Waals surface area contributed by atoms with E-state index >= 15 is 0 Å². The number of aromatic amines is 2. The molecule has 6 heteroatoms. The molecule has 0 aliphatic rings. The zero-order valence-electron chi connectivity index (χ0n) is 7.88. The molecule has 2 rings (SSSR count). The highest BCUT2D eigenvalue weighted by Gasteiger charge is 2.08. The molecule has 0 saturated carbocycles. The van der Waals surface area contributed by atoms with Gasteiger partial charge in [0.05, 0.1) is 10.6 Å². The number of halogens is 2. The first kappa shape index (κ1) is 11.0. The average Bonchev–Trinajstić information content (AvgIpc) is 2.19. The molecular formula is C10H6Cl2N2O2. The van der Waals surface area contributed by atoms with Gasteiger partial charge in [-0.25, -0.2) is 4.79 Å².